The van der Waals surface area contributed by atoms with Crippen molar-refractivity contribution < 1.29 is 23.9 Å². The Morgan fingerprint density at radius 3 is 2.29 bits per heavy atom. The van der Waals surface area contributed by atoms with Crippen molar-refractivity contribution in [3.05, 3.63) is 0 Å². The number of carbonyl (C=O) groups excluding carboxylic acids is 4. The molecule has 0 atom stereocenters. The van der Waals surface area contributed by atoms with Gasteiger partial charge in [-0.15, -0.1) is 0 Å². The highest BCUT2D eigenvalue weighted by molar-refractivity contribution is 6.13. The van der Waals surface area contributed by atoms with Gasteiger partial charge >= 0.3 is 12.1 Å². The van der Waals surface area contributed by atoms with E-state index in [1.54, 1.807) is 9.91 Å². The third-order valence-electron chi connectivity index (χ3n) is 4.60. The summed E-state index contributed by atoms with van der Waals surface area (Å²) < 4.78 is 5.53. The second-order valence-electron chi connectivity index (χ2n) is 6.32. The highest BCUT2D eigenvalue weighted by atomic mass is 16.6. The van der Waals surface area contributed by atoms with Crippen molar-refractivity contribution in [3.63, 3.8) is 0 Å². The van der Waals surface area contributed by atoms with E-state index in [0.717, 1.165) is 30.7 Å². The monoisotopic (exact) mass is 338 g/mol. The summed E-state index contributed by atoms with van der Waals surface area (Å²) in [6, 6.07) is -0.727. The molecule has 0 spiro atoms. The van der Waals surface area contributed by atoms with Crippen LogP contribution in [0.1, 0.15) is 38.5 Å². The quantitative estimate of drug-likeness (QED) is 0.734. The lowest BCUT2D eigenvalue weighted by atomic mass is 9.98. The number of urea groups is 1. The summed E-state index contributed by atoms with van der Waals surface area (Å²) in [5.41, 5.74) is 0. The molecule has 132 valence electrons. The molecular formula is C15H22N4O5. The van der Waals surface area contributed by atoms with E-state index < -0.39 is 17.8 Å². The summed E-state index contributed by atoms with van der Waals surface area (Å²) in [5, 5.41) is 4.65. The molecule has 24 heavy (non-hydrogen) atoms. The second-order valence-corrected chi connectivity index (χ2v) is 6.32. The van der Waals surface area contributed by atoms with Crippen LogP contribution < -0.4 is 5.32 Å². The molecular weight excluding hydrogens is 316 g/mol. The summed E-state index contributed by atoms with van der Waals surface area (Å²) in [5.74, 6) is -1.13. The van der Waals surface area contributed by atoms with Gasteiger partial charge in [-0.2, -0.15) is 5.01 Å². The third-order valence-corrected chi connectivity index (χ3v) is 4.60. The minimum absolute atomic E-state index is 0.00439. The summed E-state index contributed by atoms with van der Waals surface area (Å²) in [4.78, 5) is 48.7. The second kappa shape index (κ2) is 7.16. The maximum atomic E-state index is 12.2. The van der Waals surface area contributed by atoms with Crippen LogP contribution in [0.5, 0.6) is 0 Å². The van der Waals surface area contributed by atoms with Gasteiger partial charge in [0, 0.05) is 26.2 Å². The number of nitrogens with one attached hydrogen (secondary N) is 1. The van der Waals surface area contributed by atoms with Gasteiger partial charge in [0.1, 0.15) is 12.5 Å². The van der Waals surface area contributed by atoms with Gasteiger partial charge in [0.25, 0.3) is 5.91 Å². The van der Waals surface area contributed by atoms with Crippen molar-refractivity contribution in [2.75, 3.05) is 26.2 Å². The van der Waals surface area contributed by atoms with Crippen LogP contribution in [-0.4, -0.2) is 71.1 Å². The number of carbonyl (C=O) groups is 4. The fourth-order valence-corrected chi connectivity index (χ4v) is 3.31. The van der Waals surface area contributed by atoms with Gasteiger partial charge in [0.2, 0.25) is 5.91 Å². The smallest absolute Gasteiger partial charge is 0.410 e. The Morgan fingerprint density at radius 1 is 1.00 bits per heavy atom. The highest BCUT2D eigenvalue weighted by Crippen LogP contribution is 2.21. The molecule has 0 radical (unpaired) electrons. The van der Waals surface area contributed by atoms with E-state index in [1.165, 1.54) is 6.42 Å². The van der Waals surface area contributed by atoms with Crippen LogP contribution in [0.25, 0.3) is 0 Å². The molecule has 0 unspecified atom stereocenters. The fourth-order valence-electron chi connectivity index (χ4n) is 3.31. The first kappa shape index (κ1) is 16.7. The molecule has 2 heterocycles. The van der Waals surface area contributed by atoms with Crippen LogP contribution in [0.2, 0.25) is 0 Å². The van der Waals surface area contributed by atoms with Gasteiger partial charge in [-0.3, -0.25) is 14.9 Å². The SMILES string of the molecule is O=C1CC(=O)N(N2CCN(C(=O)OC3CCCCC3)CC2)C(=O)N1. The number of ether oxygens (including phenoxy) is 1. The van der Waals surface area contributed by atoms with Crippen LogP contribution in [-0.2, 0) is 14.3 Å². The number of hydrazine groups is 1. The Kier molecular flexibility index (Phi) is 4.98. The Hall–Kier alpha value is -2.16. The van der Waals surface area contributed by atoms with Crippen LogP contribution in [0.3, 0.4) is 0 Å². The number of hydrogen-bond acceptors (Lipinski definition) is 6. The normalized spacial score (nSPS) is 24.1. The average Bonchev–Trinajstić information content (AvgIpc) is 2.55. The molecule has 5 amide bonds. The van der Waals surface area contributed by atoms with Gasteiger partial charge < -0.3 is 9.64 Å². The fraction of sp³-hybridized carbons (Fsp3) is 0.733. The van der Waals surface area contributed by atoms with E-state index in [2.05, 4.69) is 5.32 Å². The predicted octanol–water partition coefficient (Wildman–Crippen LogP) is 0.457. The number of hydrogen-bond donors (Lipinski definition) is 1. The molecule has 9 nitrogen and oxygen atoms in total. The molecule has 1 saturated carbocycles. The van der Waals surface area contributed by atoms with Crippen molar-refractivity contribution in [1.29, 1.82) is 0 Å². The minimum Gasteiger partial charge on any atom is -0.446 e. The Bertz CT molecular complexity index is 518. The largest absolute Gasteiger partial charge is 0.446 e. The molecule has 3 aliphatic rings. The molecule has 0 aromatic carbocycles. The molecule has 0 aromatic heterocycles. The van der Waals surface area contributed by atoms with Gasteiger partial charge in [-0.25, -0.2) is 14.6 Å². The number of piperazine rings is 1. The molecule has 2 aliphatic heterocycles. The van der Waals surface area contributed by atoms with Crippen molar-refractivity contribution in [2.45, 2.75) is 44.6 Å². The van der Waals surface area contributed by atoms with Gasteiger partial charge in [0.05, 0.1) is 0 Å². The third kappa shape index (κ3) is 3.66. The number of nitrogens with zero attached hydrogens (tertiary/aromatic N) is 3. The molecule has 9 heteroatoms. The van der Waals surface area contributed by atoms with Crippen LogP contribution in [0.4, 0.5) is 9.59 Å². The van der Waals surface area contributed by atoms with Crippen molar-refractivity contribution in [3.8, 4) is 0 Å². The van der Waals surface area contributed by atoms with E-state index in [4.69, 9.17) is 4.74 Å². The number of barbiturate groups is 1. The molecule has 2 saturated heterocycles. The summed E-state index contributed by atoms with van der Waals surface area (Å²) in [6.45, 7) is 1.42. The van der Waals surface area contributed by atoms with E-state index in [-0.39, 0.29) is 18.6 Å². The maximum absolute atomic E-state index is 12.2. The van der Waals surface area contributed by atoms with E-state index in [1.807, 2.05) is 0 Å². The highest BCUT2D eigenvalue weighted by Gasteiger charge is 2.37. The number of rotatable bonds is 2. The number of amides is 5. The predicted molar refractivity (Wildman–Crippen MR) is 81.5 cm³/mol. The average molecular weight is 338 g/mol. The van der Waals surface area contributed by atoms with Crippen LogP contribution in [0, 0.1) is 0 Å². The lowest BCUT2D eigenvalue weighted by molar-refractivity contribution is -0.149. The zero-order chi connectivity index (χ0) is 17.1. The van der Waals surface area contributed by atoms with Gasteiger partial charge in [-0.1, -0.05) is 6.42 Å². The standard InChI is InChI=1S/C15H22N4O5/c20-12-10-13(21)19(14(22)16-12)18-8-6-17(7-9-18)15(23)24-11-4-2-1-3-5-11/h11H,1-10H2,(H,16,20,22). The first-order valence-corrected chi connectivity index (χ1v) is 8.42. The topological polar surface area (TPSA) is 99.3 Å². The lowest BCUT2D eigenvalue weighted by Crippen LogP contribution is -2.63. The Balaban J connectivity index is 1.50. The minimum atomic E-state index is -0.727. The van der Waals surface area contributed by atoms with Crippen LogP contribution in [0.15, 0.2) is 0 Å². The van der Waals surface area contributed by atoms with Crippen molar-refractivity contribution in [2.24, 2.45) is 0 Å². The zero-order valence-electron chi connectivity index (χ0n) is 13.5. The summed E-state index contributed by atoms with van der Waals surface area (Å²) in [7, 11) is 0. The Morgan fingerprint density at radius 2 is 1.67 bits per heavy atom. The van der Waals surface area contributed by atoms with E-state index in [9.17, 15) is 19.2 Å². The zero-order valence-corrected chi connectivity index (χ0v) is 13.5. The molecule has 3 rings (SSSR count). The Labute approximate surface area is 139 Å². The summed E-state index contributed by atoms with van der Waals surface area (Å²) >= 11 is 0. The van der Waals surface area contributed by atoms with Crippen molar-refractivity contribution >= 4 is 23.9 Å². The first-order chi connectivity index (χ1) is 11.5. The maximum Gasteiger partial charge on any atom is 0.410 e. The number of imide groups is 2. The molecule has 1 N–H and O–H groups in total. The molecule has 3 fully saturated rings. The molecule has 0 bridgehead atoms. The van der Waals surface area contributed by atoms with E-state index in [0.29, 0.717) is 26.2 Å². The lowest BCUT2D eigenvalue weighted by Gasteiger charge is -2.40. The summed E-state index contributed by atoms with van der Waals surface area (Å²) in [6.07, 6.45) is 4.56. The molecule has 0 aromatic rings. The molecule has 1 aliphatic carbocycles. The van der Waals surface area contributed by atoms with E-state index >= 15 is 0 Å². The first-order valence-electron chi connectivity index (χ1n) is 8.42. The van der Waals surface area contributed by atoms with Gasteiger partial charge in [-0.05, 0) is 25.7 Å². The van der Waals surface area contributed by atoms with Gasteiger partial charge in [0.15, 0.2) is 0 Å². The van der Waals surface area contributed by atoms with Crippen LogP contribution >= 0.6 is 0 Å². The van der Waals surface area contributed by atoms with Crippen molar-refractivity contribution in [1.82, 2.24) is 20.2 Å².